The minimum atomic E-state index is 0.771. The number of nitrogens with zero attached hydrogens (tertiary/aromatic N) is 2. The fourth-order valence-corrected chi connectivity index (χ4v) is 2.57. The molecule has 2 aromatic heterocycles. The van der Waals surface area contributed by atoms with Gasteiger partial charge in [0.05, 0.1) is 0 Å². The summed E-state index contributed by atoms with van der Waals surface area (Å²) in [6.07, 6.45) is 1.03. The van der Waals surface area contributed by atoms with E-state index in [1.54, 1.807) is 11.3 Å². The van der Waals surface area contributed by atoms with E-state index < -0.39 is 0 Å². The van der Waals surface area contributed by atoms with Crippen molar-refractivity contribution in [3.63, 3.8) is 0 Å². The number of hydrogen-bond acceptors (Lipinski definition) is 4. The van der Waals surface area contributed by atoms with Gasteiger partial charge >= 0.3 is 0 Å². The van der Waals surface area contributed by atoms with Crippen molar-refractivity contribution in [3.05, 3.63) is 38.9 Å². The van der Waals surface area contributed by atoms with Gasteiger partial charge in [-0.25, -0.2) is 9.97 Å². The molecule has 0 fully saturated rings. The molecule has 0 radical (unpaired) electrons. The SMILES string of the molecule is Cc1nc(Br)cc(NCCc2cccs2)n1. The highest BCUT2D eigenvalue weighted by molar-refractivity contribution is 9.10. The monoisotopic (exact) mass is 297 g/mol. The molecule has 0 atom stereocenters. The van der Waals surface area contributed by atoms with Crippen molar-refractivity contribution in [1.82, 2.24) is 9.97 Å². The Kier molecular flexibility index (Phi) is 3.90. The van der Waals surface area contributed by atoms with Crippen molar-refractivity contribution in [2.75, 3.05) is 11.9 Å². The predicted molar refractivity (Wildman–Crippen MR) is 71.0 cm³/mol. The summed E-state index contributed by atoms with van der Waals surface area (Å²) in [6, 6.07) is 6.11. The van der Waals surface area contributed by atoms with Crippen LogP contribution in [0.15, 0.2) is 28.2 Å². The van der Waals surface area contributed by atoms with Gasteiger partial charge in [0, 0.05) is 17.5 Å². The highest BCUT2D eigenvalue weighted by Gasteiger charge is 1.99. The number of anilines is 1. The molecule has 3 nitrogen and oxygen atoms in total. The molecule has 84 valence electrons. The Morgan fingerprint density at radius 3 is 3.00 bits per heavy atom. The fourth-order valence-electron chi connectivity index (χ4n) is 1.39. The first kappa shape index (κ1) is 11.5. The Morgan fingerprint density at radius 1 is 1.44 bits per heavy atom. The van der Waals surface area contributed by atoms with Gasteiger partial charge in [0.2, 0.25) is 0 Å². The molecule has 0 saturated heterocycles. The largest absolute Gasteiger partial charge is 0.370 e. The number of rotatable bonds is 4. The Labute approximate surface area is 107 Å². The molecular weight excluding hydrogens is 286 g/mol. The van der Waals surface area contributed by atoms with Gasteiger partial charge < -0.3 is 5.32 Å². The first-order valence-electron chi connectivity index (χ1n) is 5.01. The predicted octanol–water partition coefficient (Wildman–Crippen LogP) is 3.26. The average Bonchev–Trinajstić information content (AvgIpc) is 2.69. The summed E-state index contributed by atoms with van der Waals surface area (Å²) in [5, 5.41) is 5.39. The molecule has 0 bridgehead atoms. The van der Waals surface area contributed by atoms with E-state index in [0.717, 1.165) is 29.2 Å². The molecule has 16 heavy (non-hydrogen) atoms. The van der Waals surface area contributed by atoms with E-state index in [9.17, 15) is 0 Å². The molecule has 0 amide bonds. The van der Waals surface area contributed by atoms with Crippen LogP contribution in [0.1, 0.15) is 10.7 Å². The molecule has 5 heteroatoms. The van der Waals surface area contributed by atoms with Gasteiger partial charge in [-0.05, 0) is 40.7 Å². The topological polar surface area (TPSA) is 37.8 Å². The van der Waals surface area contributed by atoms with Crippen LogP contribution in [0.5, 0.6) is 0 Å². The van der Waals surface area contributed by atoms with Gasteiger partial charge in [-0.15, -0.1) is 11.3 Å². The summed E-state index contributed by atoms with van der Waals surface area (Å²) in [5.74, 6) is 1.64. The summed E-state index contributed by atoms with van der Waals surface area (Å²) in [7, 11) is 0. The Balaban J connectivity index is 1.89. The van der Waals surface area contributed by atoms with Crippen LogP contribution < -0.4 is 5.32 Å². The van der Waals surface area contributed by atoms with E-state index >= 15 is 0 Å². The molecule has 1 N–H and O–H groups in total. The lowest BCUT2D eigenvalue weighted by atomic mass is 10.3. The van der Waals surface area contributed by atoms with Crippen molar-refractivity contribution in [1.29, 1.82) is 0 Å². The molecular formula is C11H12BrN3S. The Bertz CT molecular complexity index is 436. The highest BCUT2D eigenvalue weighted by Crippen LogP contribution is 2.13. The van der Waals surface area contributed by atoms with Crippen molar-refractivity contribution < 1.29 is 0 Å². The lowest BCUT2D eigenvalue weighted by Crippen LogP contribution is -2.06. The summed E-state index contributed by atoms with van der Waals surface area (Å²) in [6.45, 7) is 2.78. The van der Waals surface area contributed by atoms with Crippen LogP contribution in [0.3, 0.4) is 0 Å². The van der Waals surface area contributed by atoms with E-state index in [2.05, 4.69) is 48.7 Å². The molecule has 0 saturated carbocycles. The second kappa shape index (κ2) is 5.41. The molecule has 0 spiro atoms. The van der Waals surface area contributed by atoms with Gasteiger partial charge in [-0.2, -0.15) is 0 Å². The van der Waals surface area contributed by atoms with Crippen molar-refractivity contribution in [2.24, 2.45) is 0 Å². The van der Waals surface area contributed by atoms with Gasteiger partial charge in [-0.3, -0.25) is 0 Å². The van der Waals surface area contributed by atoms with E-state index in [1.165, 1.54) is 4.88 Å². The van der Waals surface area contributed by atoms with E-state index in [0.29, 0.717) is 0 Å². The smallest absolute Gasteiger partial charge is 0.130 e. The molecule has 2 rings (SSSR count). The van der Waals surface area contributed by atoms with Crippen molar-refractivity contribution >= 4 is 33.1 Å². The number of thiophene rings is 1. The maximum atomic E-state index is 4.30. The second-order valence-corrected chi connectivity index (χ2v) is 5.22. The third-order valence-electron chi connectivity index (χ3n) is 2.06. The molecule has 2 aromatic rings. The maximum absolute atomic E-state index is 4.30. The first-order valence-corrected chi connectivity index (χ1v) is 6.69. The maximum Gasteiger partial charge on any atom is 0.130 e. The van der Waals surface area contributed by atoms with Gasteiger partial charge in [-0.1, -0.05) is 6.07 Å². The van der Waals surface area contributed by atoms with Crippen LogP contribution >= 0.6 is 27.3 Å². The molecule has 0 aliphatic carbocycles. The van der Waals surface area contributed by atoms with Gasteiger partial charge in [0.15, 0.2) is 0 Å². The molecule has 0 unspecified atom stereocenters. The minimum Gasteiger partial charge on any atom is -0.370 e. The number of aromatic nitrogens is 2. The highest BCUT2D eigenvalue weighted by atomic mass is 79.9. The summed E-state index contributed by atoms with van der Waals surface area (Å²) in [4.78, 5) is 9.85. The zero-order chi connectivity index (χ0) is 11.4. The Hall–Kier alpha value is -0.940. The fraction of sp³-hybridized carbons (Fsp3) is 0.273. The zero-order valence-electron chi connectivity index (χ0n) is 8.90. The van der Waals surface area contributed by atoms with E-state index in [4.69, 9.17) is 0 Å². The lowest BCUT2D eigenvalue weighted by molar-refractivity contribution is 0.985. The van der Waals surface area contributed by atoms with E-state index in [-0.39, 0.29) is 0 Å². The third-order valence-corrected chi connectivity index (χ3v) is 3.41. The lowest BCUT2D eigenvalue weighted by Gasteiger charge is -2.05. The standard InChI is InChI=1S/C11H12BrN3S/c1-8-14-10(12)7-11(15-8)13-5-4-9-3-2-6-16-9/h2-3,6-7H,4-5H2,1H3,(H,13,14,15). The van der Waals surface area contributed by atoms with Gasteiger partial charge in [0.25, 0.3) is 0 Å². The minimum absolute atomic E-state index is 0.771. The summed E-state index contributed by atoms with van der Waals surface area (Å²) >= 11 is 5.14. The number of aryl methyl sites for hydroxylation is 1. The van der Waals surface area contributed by atoms with Crippen LogP contribution in [-0.4, -0.2) is 16.5 Å². The number of halogens is 1. The first-order chi connectivity index (χ1) is 7.74. The van der Waals surface area contributed by atoms with Gasteiger partial charge in [0.1, 0.15) is 16.2 Å². The van der Waals surface area contributed by atoms with Crippen LogP contribution in [0.4, 0.5) is 5.82 Å². The van der Waals surface area contributed by atoms with Crippen molar-refractivity contribution in [2.45, 2.75) is 13.3 Å². The van der Waals surface area contributed by atoms with Crippen molar-refractivity contribution in [3.8, 4) is 0 Å². The molecule has 0 aliphatic heterocycles. The van der Waals surface area contributed by atoms with Crippen LogP contribution in [0, 0.1) is 6.92 Å². The second-order valence-electron chi connectivity index (χ2n) is 3.38. The summed E-state index contributed by atoms with van der Waals surface area (Å²) < 4.78 is 0.818. The Morgan fingerprint density at radius 2 is 2.31 bits per heavy atom. The third kappa shape index (κ3) is 3.28. The zero-order valence-corrected chi connectivity index (χ0v) is 11.3. The molecule has 0 aromatic carbocycles. The van der Waals surface area contributed by atoms with E-state index in [1.807, 2.05) is 13.0 Å². The molecule has 2 heterocycles. The normalized spacial score (nSPS) is 10.4. The average molecular weight is 298 g/mol. The summed E-state index contributed by atoms with van der Waals surface area (Å²) in [5.41, 5.74) is 0. The number of hydrogen-bond donors (Lipinski definition) is 1. The number of nitrogens with one attached hydrogen (secondary N) is 1. The quantitative estimate of drug-likeness (QED) is 0.880. The van der Waals surface area contributed by atoms with Crippen LogP contribution in [0.25, 0.3) is 0 Å². The van der Waals surface area contributed by atoms with Crippen LogP contribution in [0.2, 0.25) is 0 Å². The molecule has 0 aliphatic rings. The van der Waals surface area contributed by atoms with Crippen LogP contribution in [-0.2, 0) is 6.42 Å².